The lowest BCUT2D eigenvalue weighted by Crippen LogP contribution is -2.01. The average molecular weight is 326 g/mol. The summed E-state index contributed by atoms with van der Waals surface area (Å²) in [5.41, 5.74) is 4.01. The smallest absolute Gasteiger partial charge is 0.125 e. The van der Waals surface area contributed by atoms with Crippen molar-refractivity contribution in [3.63, 3.8) is 0 Å². The van der Waals surface area contributed by atoms with Crippen LogP contribution in [-0.4, -0.2) is 16.7 Å². The zero-order valence-electron chi connectivity index (χ0n) is 9.60. The molecule has 0 fully saturated rings. The van der Waals surface area contributed by atoms with E-state index < -0.39 is 6.10 Å². The lowest BCUT2D eigenvalue weighted by molar-refractivity contribution is 0.180. The Morgan fingerprint density at radius 2 is 2.39 bits per heavy atom. The molecule has 0 saturated heterocycles. The van der Waals surface area contributed by atoms with E-state index >= 15 is 0 Å². The van der Waals surface area contributed by atoms with E-state index in [4.69, 9.17) is 4.74 Å². The average Bonchev–Trinajstić information content (AvgIpc) is 2.98. The molecule has 0 amide bonds. The van der Waals surface area contributed by atoms with Gasteiger partial charge >= 0.3 is 0 Å². The fraction of sp³-hybridized carbons (Fsp3) is 0.308. The molecule has 2 heterocycles. The summed E-state index contributed by atoms with van der Waals surface area (Å²) >= 11 is 4.98. The maximum atomic E-state index is 10.2. The van der Waals surface area contributed by atoms with Gasteiger partial charge in [0.05, 0.1) is 23.1 Å². The Bertz CT molecular complexity index is 556. The van der Waals surface area contributed by atoms with E-state index in [-0.39, 0.29) is 0 Å². The molecule has 1 aromatic heterocycles. The van der Waals surface area contributed by atoms with Crippen LogP contribution in [0.4, 0.5) is 0 Å². The fourth-order valence-corrected chi connectivity index (χ4v) is 3.35. The first kappa shape index (κ1) is 12.1. The van der Waals surface area contributed by atoms with Gasteiger partial charge in [0.1, 0.15) is 5.75 Å². The molecule has 18 heavy (non-hydrogen) atoms. The third-order valence-electron chi connectivity index (χ3n) is 3.02. The summed E-state index contributed by atoms with van der Waals surface area (Å²) in [6.45, 7) is 0.732. The van der Waals surface area contributed by atoms with Crippen LogP contribution in [0, 0.1) is 0 Å². The quantitative estimate of drug-likeness (QED) is 0.942. The first-order valence-electron chi connectivity index (χ1n) is 5.74. The number of aliphatic hydroxyl groups is 1. The number of fused-ring (bicyclic) bond motifs is 1. The van der Waals surface area contributed by atoms with Crippen molar-refractivity contribution in [1.82, 2.24) is 4.98 Å². The molecule has 1 unspecified atom stereocenters. The third kappa shape index (κ3) is 2.30. The van der Waals surface area contributed by atoms with Gasteiger partial charge in [-0.05, 0) is 23.3 Å². The van der Waals surface area contributed by atoms with Crippen LogP contribution in [0.15, 0.2) is 28.3 Å². The van der Waals surface area contributed by atoms with Gasteiger partial charge in [0.15, 0.2) is 0 Å². The highest BCUT2D eigenvalue weighted by Gasteiger charge is 2.20. The molecule has 3 rings (SSSR count). The molecule has 1 aromatic carbocycles. The second-order valence-corrected chi connectivity index (χ2v) is 6.11. The van der Waals surface area contributed by atoms with Crippen LogP contribution < -0.4 is 4.74 Å². The number of aliphatic hydroxyl groups excluding tert-OH is 1. The summed E-state index contributed by atoms with van der Waals surface area (Å²) in [6.07, 6.45) is 2.71. The zero-order valence-corrected chi connectivity index (χ0v) is 12.0. The molecule has 0 radical (unpaired) electrons. The van der Waals surface area contributed by atoms with Gasteiger partial charge in [-0.2, -0.15) is 0 Å². The van der Waals surface area contributed by atoms with E-state index in [0.717, 1.165) is 33.7 Å². The van der Waals surface area contributed by atoms with Gasteiger partial charge in [0, 0.05) is 23.5 Å². The molecule has 1 atom stereocenters. The van der Waals surface area contributed by atoms with Gasteiger partial charge in [0.25, 0.3) is 0 Å². The third-order valence-corrected chi connectivity index (χ3v) is 4.35. The van der Waals surface area contributed by atoms with Gasteiger partial charge in [0.2, 0.25) is 0 Å². The topological polar surface area (TPSA) is 42.4 Å². The summed E-state index contributed by atoms with van der Waals surface area (Å²) in [5, 5.41) is 10.2. The Balaban J connectivity index is 1.89. The SMILES string of the molecule is OC(Cc1cc(Br)cc2c1OCC2)c1cncs1. The second kappa shape index (κ2) is 4.99. The first-order chi connectivity index (χ1) is 8.74. The second-order valence-electron chi connectivity index (χ2n) is 4.28. The molecular formula is C13H12BrNO2S. The minimum absolute atomic E-state index is 0.514. The Labute approximate surface area is 118 Å². The van der Waals surface area contributed by atoms with Crippen molar-refractivity contribution in [3.05, 3.63) is 44.3 Å². The number of rotatable bonds is 3. The molecule has 3 nitrogen and oxygen atoms in total. The van der Waals surface area contributed by atoms with Crippen molar-refractivity contribution in [2.24, 2.45) is 0 Å². The first-order valence-corrected chi connectivity index (χ1v) is 7.42. The fourth-order valence-electron chi connectivity index (χ4n) is 2.20. The van der Waals surface area contributed by atoms with Crippen molar-refractivity contribution in [1.29, 1.82) is 0 Å². The van der Waals surface area contributed by atoms with E-state index in [2.05, 4.69) is 27.0 Å². The molecule has 0 spiro atoms. The summed E-state index contributed by atoms with van der Waals surface area (Å²) in [4.78, 5) is 4.88. The minimum atomic E-state index is -0.514. The molecule has 1 aliphatic heterocycles. The summed E-state index contributed by atoms with van der Waals surface area (Å²) in [7, 11) is 0. The summed E-state index contributed by atoms with van der Waals surface area (Å²) < 4.78 is 6.70. The maximum absolute atomic E-state index is 10.2. The standard InChI is InChI=1S/C13H12BrNO2S/c14-10-3-8-1-2-17-13(8)9(4-10)5-11(16)12-6-15-7-18-12/h3-4,6-7,11,16H,1-2,5H2. The largest absolute Gasteiger partial charge is 0.493 e. The highest BCUT2D eigenvalue weighted by molar-refractivity contribution is 9.10. The highest BCUT2D eigenvalue weighted by atomic mass is 79.9. The molecule has 1 N–H and O–H groups in total. The van der Waals surface area contributed by atoms with Crippen LogP contribution in [0.1, 0.15) is 22.1 Å². The summed E-state index contributed by atoms with van der Waals surface area (Å²) in [5.74, 6) is 0.946. The predicted octanol–water partition coefficient (Wildman–Crippen LogP) is 3.12. The summed E-state index contributed by atoms with van der Waals surface area (Å²) in [6, 6.07) is 4.11. The van der Waals surface area contributed by atoms with E-state index in [1.54, 1.807) is 11.7 Å². The van der Waals surface area contributed by atoms with Crippen LogP contribution >= 0.6 is 27.3 Å². The van der Waals surface area contributed by atoms with Gasteiger partial charge in [-0.1, -0.05) is 15.9 Å². The van der Waals surface area contributed by atoms with Gasteiger partial charge in [-0.25, -0.2) is 0 Å². The lowest BCUT2D eigenvalue weighted by Gasteiger charge is -2.12. The minimum Gasteiger partial charge on any atom is -0.493 e. The number of thiazole rings is 1. The number of hydrogen-bond donors (Lipinski definition) is 1. The van der Waals surface area contributed by atoms with Crippen molar-refractivity contribution in [3.8, 4) is 5.75 Å². The van der Waals surface area contributed by atoms with Crippen LogP contribution in [0.25, 0.3) is 0 Å². The number of halogens is 1. The van der Waals surface area contributed by atoms with Crippen molar-refractivity contribution < 1.29 is 9.84 Å². The van der Waals surface area contributed by atoms with Gasteiger partial charge in [-0.15, -0.1) is 11.3 Å². The van der Waals surface area contributed by atoms with Crippen molar-refractivity contribution in [2.45, 2.75) is 18.9 Å². The van der Waals surface area contributed by atoms with Gasteiger partial charge in [-0.3, -0.25) is 4.98 Å². The maximum Gasteiger partial charge on any atom is 0.125 e. The number of ether oxygens (including phenoxy) is 1. The number of hydrogen-bond acceptors (Lipinski definition) is 4. The predicted molar refractivity (Wildman–Crippen MR) is 74.1 cm³/mol. The van der Waals surface area contributed by atoms with Crippen LogP contribution in [-0.2, 0) is 12.8 Å². The molecule has 1 aliphatic rings. The monoisotopic (exact) mass is 325 g/mol. The molecule has 0 bridgehead atoms. The Morgan fingerprint density at radius 3 is 3.17 bits per heavy atom. The van der Waals surface area contributed by atoms with Crippen molar-refractivity contribution >= 4 is 27.3 Å². The molecule has 2 aromatic rings. The van der Waals surface area contributed by atoms with E-state index in [0.29, 0.717) is 6.42 Å². The molecule has 5 heteroatoms. The van der Waals surface area contributed by atoms with Crippen LogP contribution in [0.2, 0.25) is 0 Å². The molecular weight excluding hydrogens is 314 g/mol. The Kier molecular flexibility index (Phi) is 3.37. The molecule has 0 saturated carbocycles. The van der Waals surface area contributed by atoms with Gasteiger partial charge < -0.3 is 9.84 Å². The van der Waals surface area contributed by atoms with Crippen LogP contribution in [0.3, 0.4) is 0 Å². The highest BCUT2D eigenvalue weighted by Crippen LogP contribution is 2.35. The Hall–Kier alpha value is -0.910. The van der Waals surface area contributed by atoms with Crippen molar-refractivity contribution in [2.75, 3.05) is 6.61 Å². The number of benzene rings is 1. The number of aromatic nitrogens is 1. The van der Waals surface area contributed by atoms with E-state index in [1.807, 2.05) is 6.07 Å². The molecule has 0 aliphatic carbocycles. The number of nitrogens with zero attached hydrogens (tertiary/aromatic N) is 1. The molecule has 94 valence electrons. The zero-order chi connectivity index (χ0) is 12.5. The lowest BCUT2D eigenvalue weighted by atomic mass is 10.0. The van der Waals surface area contributed by atoms with Crippen LogP contribution in [0.5, 0.6) is 5.75 Å². The Morgan fingerprint density at radius 1 is 1.50 bits per heavy atom. The normalized spacial score (nSPS) is 15.2. The van der Waals surface area contributed by atoms with E-state index in [9.17, 15) is 5.11 Å². The van der Waals surface area contributed by atoms with E-state index in [1.165, 1.54) is 16.9 Å².